The van der Waals surface area contributed by atoms with Gasteiger partial charge in [0.2, 0.25) is 5.91 Å². The maximum atomic E-state index is 12.3. The molecule has 2 aliphatic heterocycles. The molecule has 0 aromatic heterocycles. The third-order valence-electron chi connectivity index (χ3n) is 3.58. The van der Waals surface area contributed by atoms with Gasteiger partial charge in [0.15, 0.2) is 0 Å². The van der Waals surface area contributed by atoms with Gasteiger partial charge in [0, 0.05) is 19.6 Å². The van der Waals surface area contributed by atoms with E-state index in [0.29, 0.717) is 45.8 Å². The first-order chi connectivity index (χ1) is 9.44. The zero-order chi connectivity index (χ0) is 14.6. The minimum Gasteiger partial charge on any atom is -0.378 e. The summed E-state index contributed by atoms with van der Waals surface area (Å²) >= 11 is 0. The Morgan fingerprint density at radius 1 is 1.36 bits per heavy atom. The van der Waals surface area contributed by atoms with Gasteiger partial charge in [-0.2, -0.15) is 13.2 Å². The highest BCUT2D eigenvalue weighted by molar-refractivity contribution is 5.85. The molecule has 132 valence electrons. The molecule has 0 aliphatic carbocycles. The van der Waals surface area contributed by atoms with Gasteiger partial charge in [-0.25, -0.2) is 0 Å². The van der Waals surface area contributed by atoms with Crippen LogP contribution in [0.4, 0.5) is 13.2 Å². The van der Waals surface area contributed by atoms with Crippen molar-refractivity contribution in [3.05, 3.63) is 0 Å². The minimum absolute atomic E-state index is 0. The van der Waals surface area contributed by atoms with Crippen molar-refractivity contribution < 1.29 is 22.7 Å². The third kappa shape index (κ3) is 7.32. The average Bonchev–Trinajstić information content (AvgIpc) is 2.82. The number of carbonyl (C=O) groups is 1. The molecule has 2 unspecified atom stereocenters. The number of rotatable bonds is 4. The molecule has 0 aromatic rings. The molecule has 0 saturated carbocycles. The summed E-state index contributed by atoms with van der Waals surface area (Å²) in [6.45, 7) is 1.95. The van der Waals surface area contributed by atoms with E-state index in [-0.39, 0.29) is 42.7 Å². The number of morpholine rings is 1. The molecular weight excluding hydrogens is 346 g/mol. The molecule has 5 nitrogen and oxygen atoms in total. The Kier molecular flexibility index (Phi) is 9.64. The summed E-state index contributed by atoms with van der Waals surface area (Å²) in [6.07, 6.45) is -3.47. The summed E-state index contributed by atoms with van der Waals surface area (Å²) in [4.78, 5) is 13.2. The fraction of sp³-hybridized carbons (Fsp3) is 0.917. The standard InChI is InChI=1S/C12H20F3N3O2.2ClH/c13-12(14,15)8-18-3-1-9(6-18)5-17-11(19)10-7-20-4-2-16-10;;/h9-10,16H,1-8H2,(H,17,19);2*1H. The van der Waals surface area contributed by atoms with Crippen molar-refractivity contribution in [1.29, 1.82) is 0 Å². The van der Waals surface area contributed by atoms with Crippen molar-refractivity contribution in [2.24, 2.45) is 5.92 Å². The molecule has 0 spiro atoms. The number of hydrogen-bond donors (Lipinski definition) is 2. The smallest absolute Gasteiger partial charge is 0.378 e. The van der Waals surface area contributed by atoms with Gasteiger partial charge in [-0.3, -0.25) is 9.69 Å². The molecule has 0 radical (unpaired) electrons. The first-order valence-electron chi connectivity index (χ1n) is 6.82. The molecule has 2 saturated heterocycles. The number of nitrogens with zero attached hydrogens (tertiary/aromatic N) is 1. The van der Waals surface area contributed by atoms with Gasteiger partial charge < -0.3 is 15.4 Å². The van der Waals surface area contributed by atoms with Crippen LogP contribution in [0.15, 0.2) is 0 Å². The number of ether oxygens (including phenoxy) is 1. The summed E-state index contributed by atoms with van der Waals surface area (Å²) in [5.74, 6) is -0.0511. The highest BCUT2D eigenvalue weighted by Crippen LogP contribution is 2.22. The van der Waals surface area contributed by atoms with E-state index in [0.717, 1.165) is 0 Å². The Hall–Kier alpha value is -0.280. The number of halogens is 5. The number of hydrogen-bond acceptors (Lipinski definition) is 4. The van der Waals surface area contributed by atoms with Crippen molar-refractivity contribution >= 4 is 30.7 Å². The zero-order valence-corrected chi connectivity index (χ0v) is 13.7. The maximum Gasteiger partial charge on any atom is 0.401 e. The first-order valence-corrected chi connectivity index (χ1v) is 6.82. The molecule has 1 amide bonds. The van der Waals surface area contributed by atoms with Gasteiger partial charge in [-0.05, 0) is 18.9 Å². The molecule has 0 aromatic carbocycles. The van der Waals surface area contributed by atoms with Crippen molar-refractivity contribution in [3.8, 4) is 0 Å². The van der Waals surface area contributed by atoms with Crippen LogP contribution in [0.1, 0.15) is 6.42 Å². The zero-order valence-electron chi connectivity index (χ0n) is 12.0. The summed E-state index contributed by atoms with van der Waals surface area (Å²) in [5.41, 5.74) is 0. The van der Waals surface area contributed by atoms with E-state index in [2.05, 4.69) is 10.6 Å². The number of amides is 1. The van der Waals surface area contributed by atoms with Crippen molar-refractivity contribution in [2.75, 3.05) is 45.9 Å². The largest absolute Gasteiger partial charge is 0.401 e. The molecule has 2 rings (SSSR count). The molecule has 2 N–H and O–H groups in total. The normalized spacial score (nSPS) is 26.0. The lowest BCUT2D eigenvalue weighted by Crippen LogP contribution is -2.52. The van der Waals surface area contributed by atoms with Gasteiger partial charge in [0.25, 0.3) is 0 Å². The highest BCUT2D eigenvalue weighted by atomic mass is 35.5. The average molecular weight is 368 g/mol. The summed E-state index contributed by atoms with van der Waals surface area (Å²) in [7, 11) is 0. The molecule has 22 heavy (non-hydrogen) atoms. The molecule has 10 heteroatoms. The maximum absolute atomic E-state index is 12.3. The monoisotopic (exact) mass is 367 g/mol. The van der Waals surface area contributed by atoms with E-state index in [9.17, 15) is 18.0 Å². The highest BCUT2D eigenvalue weighted by Gasteiger charge is 2.34. The Labute approximate surface area is 140 Å². The lowest BCUT2D eigenvalue weighted by Gasteiger charge is -2.23. The van der Waals surface area contributed by atoms with Crippen LogP contribution in [0.5, 0.6) is 0 Å². The Morgan fingerprint density at radius 2 is 2.09 bits per heavy atom. The molecule has 2 fully saturated rings. The van der Waals surface area contributed by atoms with Crippen molar-refractivity contribution in [1.82, 2.24) is 15.5 Å². The summed E-state index contributed by atoms with van der Waals surface area (Å²) in [6, 6.07) is -0.351. The van der Waals surface area contributed by atoms with Gasteiger partial charge in [-0.1, -0.05) is 0 Å². The quantitative estimate of drug-likeness (QED) is 0.772. The van der Waals surface area contributed by atoms with Crippen LogP contribution in [0, 0.1) is 5.92 Å². The Morgan fingerprint density at radius 3 is 2.68 bits per heavy atom. The predicted molar refractivity (Wildman–Crippen MR) is 80.7 cm³/mol. The van der Waals surface area contributed by atoms with Crippen LogP contribution in [-0.4, -0.2) is 69.0 Å². The van der Waals surface area contributed by atoms with Gasteiger partial charge in [-0.15, -0.1) is 24.8 Å². The SMILES string of the molecule is Cl.Cl.O=C(NCC1CCN(CC(F)(F)F)C1)C1COCCN1. The van der Waals surface area contributed by atoms with Crippen LogP contribution in [0.3, 0.4) is 0 Å². The van der Waals surface area contributed by atoms with Crippen LogP contribution < -0.4 is 10.6 Å². The van der Waals surface area contributed by atoms with E-state index in [1.807, 2.05) is 0 Å². The molecular formula is C12H22Cl2F3N3O2. The third-order valence-corrected chi connectivity index (χ3v) is 3.58. The van der Waals surface area contributed by atoms with E-state index in [1.54, 1.807) is 0 Å². The van der Waals surface area contributed by atoms with Crippen LogP contribution in [0.25, 0.3) is 0 Å². The molecule has 2 aliphatic rings. The Bertz CT molecular complexity index is 342. The first kappa shape index (κ1) is 21.7. The summed E-state index contributed by atoms with van der Waals surface area (Å²) < 4.78 is 42.0. The minimum atomic E-state index is -4.15. The van der Waals surface area contributed by atoms with Gasteiger partial charge >= 0.3 is 6.18 Å². The van der Waals surface area contributed by atoms with E-state index in [4.69, 9.17) is 4.74 Å². The number of likely N-dealkylation sites (tertiary alicyclic amines) is 1. The lowest BCUT2D eigenvalue weighted by molar-refractivity contribution is -0.143. The van der Waals surface area contributed by atoms with Gasteiger partial charge in [0.05, 0.1) is 19.8 Å². The number of nitrogens with one attached hydrogen (secondary N) is 2. The number of carbonyl (C=O) groups excluding carboxylic acids is 1. The Balaban J connectivity index is 0.00000220. The predicted octanol–water partition coefficient (Wildman–Crippen LogP) is 0.819. The van der Waals surface area contributed by atoms with E-state index < -0.39 is 12.7 Å². The molecule has 2 heterocycles. The second-order valence-electron chi connectivity index (χ2n) is 5.33. The topological polar surface area (TPSA) is 53.6 Å². The van der Waals surface area contributed by atoms with Crippen LogP contribution >= 0.6 is 24.8 Å². The second kappa shape index (κ2) is 9.77. The van der Waals surface area contributed by atoms with E-state index >= 15 is 0 Å². The van der Waals surface area contributed by atoms with Crippen LogP contribution in [0.2, 0.25) is 0 Å². The fourth-order valence-electron chi connectivity index (χ4n) is 2.58. The molecule has 0 bridgehead atoms. The fourth-order valence-corrected chi connectivity index (χ4v) is 2.58. The van der Waals surface area contributed by atoms with Gasteiger partial charge in [0.1, 0.15) is 6.04 Å². The molecule has 2 atom stereocenters. The van der Waals surface area contributed by atoms with Crippen molar-refractivity contribution in [3.63, 3.8) is 0 Å². The van der Waals surface area contributed by atoms with E-state index in [1.165, 1.54) is 4.90 Å². The lowest BCUT2D eigenvalue weighted by atomic mass is 10.1. The number of alkyl halides is 3. The summed E-state index contributed by atoms with van der Waals surface area (Å²) in [5, 5.41) is 5.83. The van der Waals surface area contributed by atoms with Crippen molar-refractivity contribution in [2.45, 2.75) is 18.6 Å². The second-order valence-corrected chi connectivity index (χ2v) is 5.33. The van der Waals surface area contributed by atoms with Crippen LogP contribution in [-0.2, 0) is 9.53 Å².